The van der Waals surface area contributed by atoms with Gasteiger partial charge in [0.25, 0.3) is 0 Å². The van der Waals surface area contributed by atoms with E-state index < -0.39 is 0 Å². The molecule has 1 fully saturated rings. The van der Waals surface area contributed by atoms with Crippen molar-refractivity contribution in [1.29, 1.82) is 0 Å². The van der Waals surface area contributed by atoms with Gasteiger partial charge in [-0.05, 0) is 19.3 Å². The van der Waals surface area contributed by atoms with E-state index >= 15 is 0 Å². The first kappa shape index (κ1) is 14.1. The lowest BCUT2D eigenvalue weighted by Crippen LogP contribution is -2.28. The van der Waals surface area contributed by atoms with Crippen molar-refractivity contribution < 1.29 is 0 Å². The van der Waals surface area contributed by atoms with E-state index in [1.54, 1.807) is 6.33 Å². The van der Waals surface area contributed by atoms with Gasteiger partial charge in [-0.1, -0.05) is 13.8 Å². The largest absolute Gasteiger partial charge is 0.365 e. The molecule has 4 N–H and O–H groups in total. The minimum atomic E-state index is 0.207. The lowest BCUT2D eigenvalue weighted by atomic mass is 10.2. The molecule has 1 aliphatic heterocycles. The number of nitrogens with zero attached hydrogens (tertiary/aromatic N) is 4. The molecule has 0 spiro atoms. The smallest absolute Gasteiger partial charge is 0.229 e. The number of aromatic nitrogens is 4. The molecular formula is C14H23N7. The van der Waals surface area contributed by atoms with Crippen molar-refractivity contribution in [2.75, 3.05) is 23.3 Å². The molecule has 1 aliphatic rings. The molecule has 7 nitrogen and oxygen atoms in total. The molecule has 0 bridgehead atoms. The number of H-pyrrole nitrogens is 1. The molecule has 21 heavy (non-hydrogen) atoms. The maximum absolute atomic E-state index is 5.98. The van der Waals surface area contributed by atoms with E-state index in [1.165, 1.54) is 0 Å². The quantitative estimate of drug-likeness (QED) is 0.772. The molecule has 0 aromatic carbocycles. The van der Waals surface area contributed by atoms with Gasteiger partial charge in [-0.25, -0.2) is 4.98 Å². The second kappa shape index (κ2) is 5.85. The van der Waals surface area contributed by atoms with Crippen molar-refractivity contribution in [1.82, 2.24) is 19.9 Å². The molecule has 1 atom stereocenters. The van der Waals surface area contributed by atoms with Crippen LogP contribution < -0.4 is 16.0 Å². The molecule has 2 aromatic heterocycles. The third-order valence-electron chi connectivity index (χ3n) is 4.11. The van der Waals surface area contributed by atoms with Crippen molar-refractivity contribution in [2.24, 2.45) is 5.73 Å². The summed E-state index contributed by atoms with van der Waals surface area (Å²) in [6.07, 6.45) is 4.76. The Bertz CT molecular complexity index is 604. The maximum Gasteiger partial charge on any atom is 0.229 e. The number of aromatic amines is 1. The van der Waals surface area contributed by atoms with Crippen molar-refractivity contribution in [3.05, 3.63) is 6.33 Å². The van der Waals surface area contributed by atoms with Gasteiger partial charge in [-0.3, -0.25) is 0 Å². The van der Waals surface area contributed by atoms with Gasteiger partial charge >= 0.3 is 0 Å². The molecule has 0 saturated carbocycles. The molecule has 1 saturated heterocycles. The summed E-state index contributed by atoms with van der Waals surface area (Å²) in [5.41, 5.74) is 7.55. The Hall–Kier alpha value is -1.89. The third kappa shape index (κ3) is 2.78. The summed E-state index contributed by atoms with van der Waals surface area (Å²) in [5.74, 6) is 1.55. The van der Waals surface area contributed by atoms with E-state index in [1.807, 2.05) is 0 Å². The van der Waals surface area contributed by atoms with Crippen molar-refractivity contribution in [3.63, 3.8) is 0 Å². The van der Waals surface area contributed by atoms with Crippen LogP contribution in [0.4, 0.5) is 11.8 Å². The van der Waals surface area contributed by atoms with Gasteiger partial charge in [0.05, 0.1) is 6.33 Å². The van der Waals surface area contributed by atoms with Crippen molar-refractivity contribution in [3.8, 4) is 0 Å². The van der Waals surface area contributed by atoms with E-state index in [9.17, 15) is 0 Å². The van der Waals surface area contributed by atoms with Gasteiger partial charge in [-0.15, -0.1) is 0 Å². The summed E-state index contributed by atoms with van der Waals surface area (Å²) in [5, 5.41) is 3.50. The van der Waals surface area contributed by atoms with E-state index in [0.717, 1.165) is 49.6 Å². The average molecular weight is 289 g/mol. The Morgan fingerprint density at radius 3 is 2.90 bits per heavy atom. The summed E-state index contributed by atoms with van der Waals surface area (Å²) in [6.45, 7) is 6.06. The molecule has 3 heterocycles. The predicted octanol–water partition coefficient (Wildman–Crippen LogP) is 1.49. The molecular weight excluding hydrogens is 266 g/mol. The Morgan fingerprint density at radius 1 is 1.43 bits per heavy atom. The normalized spacial score (nSPS) is 18.9. The third-order valence-corrected chi connectivity index (χ3v) is 4.11. The molecule has 7 heteroatoms. The summed E-state index contributed by atoms with van der Waals surface area (Å²) >= 11 is 0. The highest BCUT2D eigenvalue weighted by Gasteiger charge is 2.23. The molecule has 114 valence electrons. The number of nitrogens with two attached hydrogens (primary N) is 1. The lowest BCUT2D eigenvalue weighted by Gasteiger charge is -2.19. The van der Waals surface area contributed by atoms with E-state index in [2.05, 4.69) is 39.0 Å². The molecule has 2 aromatic rings. The molecule has 3 rings (SSSR count). The first-order valence-corrected chi connectivity index (χ1v) is 7.69. The van der Waals surface area contributed by atoms with Gasteiger partial charge in [-0.2, -0.15) is 9.97 Å². The van der Waals surface area contributed by atoms with Crippen LogP contribution in [0.15, 0.2) is 6.33 Å². The monoisotopic (exact) mass is 289 g/mol. The van der Waals surface area contributed by atoms with Gasteiger partial charge in [0.1, 0.15) is 5.52 Å². The van der Waals surface area contributed by atoms with Gasteiger partial charge in [0, 0.05) is 25.2 Å². The second-order valence-corrected chi connectivity index (χ2v) is 5.63. The molecule has 0 aliphatic carbocycles. The van der Waals surface area contributed by atoms with E-state index in [4.69, 9.17) is 10.7 Å². The summed E-state index contributed by atoms with van der Waals surface area (Å²) in [7, 11) is 0. The number of rotatable bonds is 5. The van der Waals surface area contributed by atoms with Gasteiger partial charge in [0.2, 0.25) is 5.95 Å². The fourth-order valence-corrected chi connectivity index (χ4v) is 2.72. The van der Waals surface area contributed by atoms with Crippen molar-refractivity contribution >= 4 is 22.9 Å². The summed E-state index contributed by atoms with van der Waals surface area (Å²) in [6, 6.07) is 0.610. The fraction of sp³-hybridized carbons (Fsp3) is 0.643. The van der Waals surface area contributed by atoms with E-state index in [-0.39, 0.29) is 6.04 Å². The van der Waals surface area contributed by atoms with Gasteiger partial charge < -0.3 is 20.9 Å². The Balaban J connectivity index is 1.95. The zero-order chi connectivity index (χ0) is 14.8. The fourth-order valence-electron chi connectivity index (χ4n) is 2.72. The van der Waals surface area contributed by atoms with Crippen LogP contribution in [0.5, 0.6) is 0 Å². The second-order valence-electron chi connectivity index (χ2n) is 5.63. The number of nitrogens with one attached hydrogen (secondary N) is 2. The minimum absolute atomic E-state index is 0.207. The zero-order valence-electron chi connectivity index (χ0n) is 12.6. The average Bonchev–Trinajstić information content (AvgIpc) is 3.12. The minimum Gasteiger partial charge on any atom is -0.365 e. The number of fused-ring (bicyclic) bond motifs is 1. The summed E-state index contributed by atoms with van der Waals surface area (Å²) in [4.78, 5) is 18.8. The Labute approximate surface area is 124 Å². The van der Waals surface area contributed by atoms with Crippen LogP contribution in [0.1, 0.15) is 33.1 Å². The number of hydrogen-bond acceptors (Lipinski definition) is 6. The Kier molecular flexibility index (Phi) is 3.92. The van der Waals surface area contributed by atoms with Crippen LogP contribution in [0.2, 0.25) is 0 Å². The number of hydrogen-bond donors (Lipinski definition) is 3. The highest BCUT2D eigenvalue weighted by atomic mass is 15.3. The van der Waals surface area contributed by atoms with Crippen LogP contribution in [0.3, 0.4) is 0 Å². The topological polar surface area (TPSA) is 95.8 Å². The van der Waals surface area contributed by atoms with Crippen LogP contribution >= 0.6 is 0 Å². The van der Waals surface area contributed by atoms with E-state index in [0.29, 0.717) is 11.7 Å². The lowest BCUT2D eigenvalue weighted by molar-refractivity contribution is 0.668. The first-order valence-electron chi connectivity index (χ1n) is 7.69. The zero-order valence-corrected chi connectivity index (χ0v) is 12.6. The van der Waals surface area contributed by atoms with Crippen molar-refractivity contribution in [2.45, 2.75) is 45.2 Å². The predicted molar refractivity (Wildman–Crippen MR) is 84.5 cm³/mol. The first-order chi connectivity index (χ1) is 10.2. The highest BCUT2D eigenvalue weighted by Crippen LogP contribution is 2.24. The maximum atomic E-state index is 5.98. The molecule has 0 unspecified atom stereocenters. The SMILES string of the molecule is CCC(CC)Nc1nc(N2CC[C@@H](N)C2)nc2nc[nH]c12. The van der Waals surface area contributed by atoms with Crippen LogP contribution in [0, 0.1) is 0 Å². The highest BCUT2D eigenvalue weighted by molar-refractivity contribution is 5.83. The number of imidazole rings is 1. The van der Waals surface area contributed by atoms with Crippen LogP contribution in [-0.2, 0) is 0 Å². The van der Waals surface area contributed by atoms with Crippen LogP contribution in [-0.4, -0.2) is 45.1 Å². The number of anilines is 2. The summed E-state index contributed by atoms with van der Waals surface area (Å²) < 4.78 is 0. The standard InChI is InChI=1S/C14H23N7/c1-3-10(4-2)18-13-11-12(17-8-16-11)19-14(20-13)21-6-5-9(15)7-21/h8-10H,3-7,15H2,1-2H3,(H2,16,17,18,19,20)/t9-/m1/s1. The molecule has 0 radical (unpaired) electrons. The van der Waals surface area contributed by atoms with Gasteiger partial charge in [0.15, 0.2) is 11.5 Å². The Morgan fingerprint density at radius 2 is 2.24 bits per heavy atom. The molecule has 0 amide bonds. The van der Waals surface area contributed by atoms with Crippen LogP contribution in [0.25, 0.3) is 11.2 Å².